The van der Waals surface area contributed by atoms with E-state index in [9.17, 15) is 4.79 Å². The number of nitrogens with zero attached hydrogens (tertiary/aromatic N) is 2. The molecule has 196 valence electrons. The van der Waals surface area contributed by atoms with Crippen molar-refractivity contribution >= 4 is 18.9 Å². The van der Waals surface area contributed by atoms with E-state index in [0.29, 0.717) is 12.0 Å². The van der Waals surface area contributed by atoms with Crippen molar-refractivity contribution in [2.75, 3.05) is 52.5 Å². The SMILES string of the molecule is Cc1ccccc1C1CCN(CCNC(=O)C2CCN(C3CCOCC3)CC2)C1.O=CO.O=CO. The first-order valence-electron chi connectivity index (χ1n) is 12.6. The zero-order valence-electron chi connectivity index (χ0n) is 20.8. The quantitative estimate of drug-likeness (QED) is 0.518. The molecule has 0 radical (unpaired) electrons. The summed E-state index contributed by atoms with van der Waals surface area (Å²) in [5, 5.41) is 17.0. The Labute approximate surface area is 208 Å². The van der Waals surface area contributed by atoms with Crippen LogP contribution in [0.25, 0.3) is 0 Å². The van der Waals surface area contributed by atoms with Crippen molar-refractivity contribution in [1.82, 2.24) is 15.1 Å². The number of carboxylic acid groups (broad SMARTS) is 2. The zero-order chi connectivity index (χ0) is 25.5. The molecule has 3 heterocycles. The number of carbonyl (C=O) groups is 3. The molecule has 0 bridgehead atoms. The molecule has 3 saturated heterocycles. The molecule has 1 aromatic carbocycles. The molecule has 0 aliphatic carbocycles. The summed E-state index contributed by atoms with van der Waals surface area (Å²) in [6.45, 7) is 9.63. The average Bonchev–Trinajstić information content (AvgIpc) is 3.34. The number of hydrogen-bond acceptors (Lipinski definition) is 6. The van der Waals surface area contributed by atoms with Crippen LogP contribution in [0.5, 0.6) is 0 Å². The van der Waals surface area contributed by atoms with Crippen LogP contribution in [0.3, 0.4) is 0 Å². The van der Waals surface area contributed by atoms with Gasteiger partial charge in [-0.3, -0.25) is 14.4 Å². The summed E-state index contributed by atoms with van der Waals surface area (Å²) in [6, 6.07) is 9.43. The first kappa shape index (κ1) is 28.7. The maximum atomic E-state index is 12.6. The summed E-state index contributed by atoms with van der Waals surface area (Å²) in [4.78, 5) is 34.4. The highest BCUT2D eigenvalue weighted by molar-refractivity contribution is 5.78. The van der Waals surface area contributed by atoms with Crippen molar-refractivity contribution in [3.05, 3.63) is 35.4 Å². The van der Waals surface area contributed by atoms with Crippen molar-refractivity contribution < 1.29 is 29.3 Å². The van der Waals surface area contributed by atoms with E-state index in [0.717, 1.165) is 78.2 Å². The van der Waals surface area contributed by atoms with E-state index in [1.165, 1.54) is 17.5 Å². The van der Waals surface area contributed by atoms with Crippen LogP contribution >= 0.6 is 0 Å². The van der Waals surface area contributed by atoms with Gasteiger partial charge in [0.2, 0.25) is 5.91 Å². The van der Waals surface area contributed by atoms with Crippen molar-refractivity contribution in [3.8, 4) is 0 Å². The molecule has 9 nitrogen and oxygen atoms in total. The monoisotopic (exact) mass is 491 g/mol. The topological polar surface area (TPSA) is 119 Å². The lowest BCUT2D eigenvalue weighted by Gasteiger charge is -2.38. The highest BCUT2D eigenvalue weighted by atomic mass is 16.5. The number of hydrogen-bond donors (Lipinski definition) is 3. The predicted molar refractivity (Wildman–Crippen MR) is 134 cm³/mol. The average molecular weight is 492 g/mol. The van der Waals surface area contributed by atoms with Gasteiger partial charge in [-0.2, -0.15) is 0 Å². The van der Waals surface area contributed by atoms with Crippen LogP contribution in [0.4, 0.5) is 0 Å². The number of nitrogens with one attached hydrogen (secondary N) is 1. The molecule has 3 aliphatic heterocycles. The fourth-order valence-corrected chi connectivity index (χ4v) is 5.39. The Bertz CT molecular complexity index is 757. The highest BCUT2D eigenvalue weighted by Gasteiger charge is 2.30. The van der Waals surface area contributed by atoms with E-state index in [4.69, 9.17) is 24.5 Å². The number of rotatable bonds is 6. The number of carbonyl (C=O) groups excluding carboxylic acids is 1. The minimum atomic E-state index is -0.250. The van der Waals surface area contributed by atoms with Crippen molar-refractivity contribution in [3.63, 3.8) is 0 Å². The van der Waals surface area contributed by atoms with E-state index in [2.05, 4.69) is 46.3 Å². The van der Waals surface area contributed by atoms with Gasteiger partial charge in [0.15, 0.2) is 0 Å². The predicted octanol–water partition coefficient (Wildman–Crippen LogP) is 2.19. The molecule has 1 aromatic rings. The van der Waals surface area contributed by atoms with E-state index < -0.39 is 0 Å². The van der Waals surface area contributed by atoms with E-state index in [-0.39, 0.29) is 24.8 Å². The summed E-state index contributed by atoms with van der Waals surface area (Å²) < 4.78 is 5.48. The first-order valence-corrected chi connectivity index (χ1v) is 12.6. The zero-order valence-corrected chi connectivity index (χ0v) is 20.8. The van der Waals surface area contributed by atoms with E-state index in [1.54, 1.807) is 0 Å². The summed E-state index contributed by atoms with van der Waals surface area (Å²) in [7, 11) is 0. The van der Waals surface area contributed by atoms with Gasteiger partial charge in [-0.25, -0.2) is 0 Å². The minimum Gasteiger partial charge on any atom is -0.483 e. The Kier molecular flexibility index (Phi) is 13.3. The van der Waals surface area contributed by atoms with Crippen LogP contribution < -0.4 is 5.32 Å². The van der Waals surface area contributed by atoms with Gasteiger partial charge in [-0.15, -0.1) is 0 Å². The van der Waals surface area contributed by atoms with Crippen LogP contribution in [0.15, 0.2) is 24.3 Å². The maximum absolute atomic E-state index is 12.6. The number of amides is 1. The van der Waals surface area contributed by atoms with Crippen LogP contribution in [0.2, 0.25) is 0 Å². The standard InChI is InChI=1S/C24H37N3O2.2CH2O2/c1-19-4-2-3-5-23(19)21-6-12-26(18-21)15-11-25-24(28)20-7-13-27(14-8-20)22-9-16-29-17-10-22;2*2-1-3/h2-5,20-22H,6-18H2,1H3,(H,25,28);2*1H,(H,2,3). The summed E-state index contributed by atoms with van der Waals surface area (Å²) in [5.41, 5.74) is 2.90. The summed E-state index contributed by atoms with van der Waals surface area (Å²) >= 11 is 0. The van der Waals surface area contributed by atoms with Crippen LogP contribution in [0.1, 0.15) is 49.1 Å². The normalized spacial score (nSPS) is 21.7. The molecule has 0 spiro atoms. The maximum Gasteiger partial charge on any atom is 0.290 e. The Hall–Kier alpha value is -2.49. The van der Waals surface area contributed by atoms with Gasteiger partial charge < -0.3 is 30.1 Å². The molecule has 3 N–H and O–H groups in total. The summed E-state index contributed by atoms with van der Waals surface area (Å²) in [6.07, 6.45) is 5.53. The molecule has 0 saturated carbocycles. The second-order valence-corrected chi connectivity index (χ2v) is 9.30. The van der Waals surface area contributed by atoms with Crippen molar-refractivity contribution in [1.29, 1.82) is 0 Å². The van der Waals surface area contributed by atoms with Crippen LogP contribution in [-0.4, -0.2) is 97.4 Å². The van der Waals surface area contributed by atoms with Gasteiger partial charge >= 0.3 is 0 Å². The Morgan fingerprint density at radius 1 is 1.03 bits per heavy atom. The van der Waals surface area contributed by atoms with Crippen molar-refractivity contribution in [2.24, 2.45) is 5.92 Å². The smallest absolute Gasteiger partial charge is 0.290 e. The third-order valence-corrected chi connectivity index (χ3v) is 7.24. The molecule has 35 heavy (non-hydrogen) atoms. The molecule has 0 aromatic heterocycles. The number of likely N-dealkylation sites (tertiary alicyclic amines) is 2. The highest BCUT2D eigenvalue weighted by Crippen LogP contribution is 2.29. The third kappa shape index (κ3) is 9.58. The van der Waals surface area contributed by atoms with Gasteiger partial charge in [-0.1, -0.05) is 24.3 Å². The molecule has 3 fully saturated rings. The summed E-state index contributed by atoms with van der Waals surface area (Å²) in [5.74, 6) is 1.11. The Balaban J connectivity index is 0.000000655. The molecule has 4 rings (SSSR count). The number of aryl methyl sites for hydroxylation is 1. The van der Waals surface area contributed by atoms with Gasteiger partial charge in [0.1, 0.15) is 0 Å². The van der Waals surface area contributed by atoms with Gasteiger partial charge in [0, 0.05) is 44.8 Å². The fraction of sp³-hybridized carbons (Fsp3) is 0.654. The molecule has 9 heteroatoms. The van der Waals surface area contributed by atoms with Gasteiger partial charge in [0.05, 0.1) is 0 Å². The van der Waals surface area contributed by atoms with Crippen molar-refractivity contribution in [2.45, 2.75) is 51.0 Å². The third-order valence-electron chi connectivity index (χ3n) is 7.24. The van der Waals surface area contributed by atoms with Crippen LogP contribution in [-0.2, 0) is 19.1 Å². The van der Waals surface area contributed by atoms with Gasteiger partial charge in [-0.05, 0) is 75.7 Å². The van der Waals surface area contributed by atoms with Gasteiger partial charge in [0.25, 0.3) is 12.9 Å². The lowest BCUT2D eigenvalue weighted by atomic mass is 9.93. The lowest BCUT2D eigenvalue weighted by Crippen LogP contribution is -2.47. The molecule has 1 atom stereocenters. The minimum absolute atomic E-state index is 0.199. The van der Waals surface area contributed by atoms with Crippen LogP contribution in [0, 0.1) is 12.8 Å². The second-order valence-electron chi connectivity index (χ2n) is 9.30. The molecular formula is C26H41N3O6. The van der Waals surface area contributed by atoms with E-state index in [1.807, 2.05) is 0 Å². The number of ether oxygens (including phenoxy) is 1. The molecule has 3 aliphatic rings. The number of benzene rings is 1. The first-order chi connectivity index (χ1) is 17.0. The molecule has 1 unspecified atom stereocenters. The Morgan fingerprint density at radius 2 is 1.66 bits per heavy atom. The second kappa shape index (κ2) is 16.2. The lowest BCUT2D eigenvalue weighted by molar-refractivity contribution is -0.127. The van der Waals surface area contributed by atoms with E-state index >= 15 is 0 Å². The number of piperidine rings is 1. The fourth-order valence-electron chi connectivity index (χ4n) is 5.39. The largest absolute Gasteiger partial charge is 0.483 e. The molecular weight excluding hydrogens is 450 g/mol. The molecule has 1 amide bonds. The Morgan fingerprint density at radius 3 is 2.29 bits per heavy atom.